The van der Waals surface area contributed by atoms with E-state index in [2.05, 4.69) is 19.8 Å². The Labute approximate surface area is 68.8 Å². The first kappa shape index (κ1) is 8.62. The highest BCUT2D eigenvalue weighted by atomic mass is 16.3. The van der Waals surface area contributed by atoms with Gasteiger partial charge >= 0.3 is 0 Å². The first-order valence-corrected chi connectivity index (χ1v) is 4.18. The summed E-state index contributed by atoms with van der Waals surface area (Å²) in [6, 6.07) is 0. The number of rotatable bonds is 1. The van der Waals surface area contributed by atoms with Gasteiger partial charge in [-0.15, -0.1) is 12.3 Å². The van der Waals surface area contributed by atoms with Crippen LogP contribution in [0.4, 0.5) is 0 Å². The fourth-order valence-electron chi connectivity index (χ4n) is 1.89. The zero-order valence-corrected chi connectivity index (χ0v) is 7.35. The second-order valence-corrected chi connectivity index (χ2v) is 4.15. The average Bonchev–Trinajstić information content (AvgIpc) is 2.09. The Hall–Kier alpha value is -0.480. The predicted octanol–water partition coefficient (Wildman–Crippen LogP) is 1.95. The van der Waals surface area contributed by atoms with Crippen molar-refractivity contribution in [3.63, 3.8) is 0 Å². The minimum Gasteiger partial charge on any atom is -0.388 e. The van der Waals surface area contributed by atoms with Crippen LogP contribution in [0.25, 0.3) is 0 Å². The minimum atomic E-state index is -0.595. The van der Waals surface area contributed by atoms with Crippen molar-refractivity contribution in [1.82, 2.24) is 0 Å². The summed E-state index contributed by atoms with van der Waals surface area (Å²) >= 11 is 0. The molecule has 0 spiro atoms. The molecule has 1 atom stereocenters. The highest BCUT2D eigenvalue weighted by molar-refractivity contribution is 5.05. The van der Waals surface area contributed by atoms with E-state index in [-0.39, 0.29) is 5.41 Å². The zero-order chi connectivity index (χ0) is 8.54. The lowest BCUT2D eigenvalue weighted by atomic mass is 9.76. The van der Waals surface area contributed by atoms with Gasteiger partial charge in [0.2, 0.25) is 0 Å². The molecule has 1 saturated carbocycles. The van der Waals surface area contributed by atoms with E-state index in [1.165, 1.54) is 0 Å². The normalized spacial score (nSPS) is 35.1. The van der Waals surface area contributed by atoms with Gasteiger partial charge in [-0.05, 0) is 24.7 Å². The number of aliphatic hydroxyl groups is 1. The van der Waals surface area contributed by atoms with Gasteiger partial charge in [0.25, 0.3) is 0 Å². The van der Waals surface area contributed by atoms with E-state index >= 15 is 0 Å². The molecule has 1 fully saturated rings. The van der Waals surface area contributed by atoms with E-state index in [4.69, 9.17) is 6.42 Å². The summed E-state index contributed by atoms with van der Waals surface area (Å²) in [6.45, 7) is 4.19. The van der Waals surface area contributed by atoms with Crippen molar-refractivity contribution in [3.8, 4) is 12.3 Å². The van der Waals surface area contributed by atoms with Crippen molar-refractivity contribution in [3.05, 3.63) is 0 Å². The van der Waals surface area contributed by atoms with Crippen LogP contribution >= 0.6 is 0 Å². The number of hydrogen-bond donors (Lipinski definition) is 1. The molecular weight excluding hydrogens is 136 g/mol. The zero-order valence-electron chi connectivity index (χ0n) is 7.35. The largest absolute Gasteiger partial charge is 0.388 e. The molecule has 0 radical (unpaired) electrons. The molecule has 0 aromatic heterocycles. The summed E-state index contributed by atoms with van der Waals surface area (Å²) in [5.41, 5.74) is -0.582. The van der Waals surface area contributed by atoms with E-state index < -0.39 is 5.60 Å². The molecule has 11 heavy (non-hydrogen) atoms. The van der Waals surface area contributed by atoms with Crippen molar-refractivity contribution >= 4 is 0 Å². The quantitative estimate of drug-likeness (QED) is 0.569. The van der Waals surface area contributed by atoms with Crippen molar-refractivity contribution < 1.29 is 5.11 Å². The molecule has 0 heterocycles. The van der Waals surface area contributed by atoms with Crippen LogP contribution in [0.3, 0.4) is 0 Å². The van der Waals surface area contributed by atoms with Crippen LogP contribution in [-0.4, -0.2) is 10.7 Å². The van der Waals surface area contributed by atoms with Crippen LogP contribution in [0.5, 0.6) is 0 Å². The van der Waals surface area contributed by atoms with Crippen molar-refractivity contribution in [1.29, 1.82) is 0 Å². The van der Waals surface area contributed by atoms with Crippen molar-refractivity contribution in [2.45, 2.75) is 45.1 Å². The molecule has 0 aliphatic heterocycles. The van der Waals surface area contributed by atoms with Crippen LogP contribution in [0.15, 0.2) is 0 Å². The Morgan fingerprint density at radius 1 is 1.45 bits per heavy atom. The fraction of sp³-hybridized carbons (Fsp3) is 0.800. The molecule has 1 heteroatoms. The van der Waals surface area contributed by atoms with E-state index in [0.29, 0.717) is 6.42 Å². The summed E-state index contributed by atoms with van der Waals surface area (Å²) in [5, 5.41) is 10.1. The molecule has 1 aliphatic rings. The SMILES string of the molecule is C#CC[C@]1(O)CCCC1(C)C. The molecule has 62 valence electrons. The van der Waals surface area contributed by atoms with E-state index in [9.17, 15) is 5.11 Å². The molecule has 1 N–H and O–H groups in total. The van der Waals surface area contributed by atoms with Crippen LogP contribution < -0.4 is 0 Å². The van der Waals surface area contributed by atoms with Gasteiger partial charge in [-0.2, -0.15) is 0 Å². The van der Waals surface area contributed by atoms with E-state index in [0.717, 1.165) is 19.3 Å². The third kappa shape index (κ3) is 1.28. The second kappa shape index (κ2) is 2.53. The summed E-state index contributed by atoms with van der Waals surface area (Å²) in [7, 11) is 0. The van der Waals surface area contributed by atoms with E-state index in [1.54, 1.807) is 0 Å². The molecule has 1 aliphatic carbocycles. The monoisotopic (exact) mass is 152 g/mol. The Morgan fingerprint density at radius 2 is 2.09 bits per heavy atom. The lowest BCUT2D eigenvalue weighted by Gasteiger charge is -2.35. The first-order valence-electron chi connectivity index (χ1n) is 4.18. The van der Waals surface area contributed by atoms with Gasteiger partial charge in [0.1, 0.15) is 0 Å². The van der Waals surface area contributed by atoms with Gasteiger partial charge in [-0.3, -0.25) is 0 Å². The van der Waals surface area contributed by atoms with Crippen molar-refractivity contribution in [2.75, 3.05) is 0 Å². The maximum atomic E-state index is 10.1. The molecule has 0 saturated heterocycles. The number of terminal acetylenes is 1. The van der Waals surface area contributed by atoms with Gasteiger partial charge < -0.3 is 5.11 Å². The maximum absolute atomic E-state index is 10.1. The van der Waals surface area contributed by atoms with Gasteiger partial charge in [-0.25, -0.2) is 0 Å². The topological polar surface area (TPSA) is 20.2 Å². The third-order valence-corrected chi connectivity index (χ3v) is 3.05. The fourth-order valence-corrected chi connectivity index (χ4v) is 1.89. The Balaban J connectivity index is 2.77. The molecule has 0 aromatic carbocycles. The maximum Gasteiger partial charge on any atom is 0.0806 e. The van der Waals surface area contributed by atoms with Gasteiger partial charge in [0, 0.05) is 6.42 Å². The summed E-state index contributed by atoms with van der Waals surface area (Å²) in [4.78, 5) is 0. The summed E-state index contributed by atoms with van der Waals surface area (Å²) < 4.78 is 0. The van der Waals surface area contributed by atoms with Gasteiger partial charge in [-0.1, -0.05) is 13.8 Å². The molecule has 0 aromatic rings. The Morgan fingerprint density at radius 3 is 2.45 bits per heavy atom. The predicted molar refractivity (Wildman–Crippen MR) is 46.0 cm³/mol. The van der Waals surface area contributed by atoms with Crippen LogP contribution in [0, 0.1) is 17.8 Å². The Bertz CT molecular complexity index is 188. The highest BCUT2D eigenvalue weighted by Crippen LogP contribution is 2.47. The van der Waals surface area contributed by atoms with E-state index in [1.807, 2.05) is 0 Å². The van der Waals surface area contributed by atoms with Gasteiger partial charge in [0.15, 0.2) is 0 Å². The summed E-state index contributed by atoms with van der Waals surface area (Å²) in [5.74, 6) is 2.56. The third-order valence-electron chi connectivity index (χ3n) is 3.05. The lowest BCUT2D eigenvalue weighted by Crippen LogP contribution is -2.39. The lowest BCUT2D eigenvalue weighted by molar-refractivity contribution is -0.0378. The minimum absolute atomic E-state index is 0.0133. The van der Waals surface area contributed by atoms with Crippen LogP contribution in [-0.2, 0) is 0 Å². The smallest absolute Gasteiger partial charge is 0.0806 e. The van der Waals surface area contributed by atoms with Crippen LogP contribution in [0.2, 0.25) is 0 Å². The number of hydrogen-bond acceptors (Lipinski definition) is 1. The molecule has 1 nitrogen and oxygen atoms in total. The summed E-state index contributed by atoms with van der Waals surface area (Å²) in [6.07, 6.45) is 8.76. The molecule has 0 bridgehead atoms. The van der Waals surface area contributed by atoms with Gasteiger partial charge in [0.05, 0.1) is 5.60 Å². The molecule has 0 unspecified atom stereocenters. The van der Waals surface area contributed by atoms with Crippen LogP contribution in [0.1, 0.15) is 39.5 Å². The standard InChI is InChI=1S/C10H16O/c1-4-6-10(11)8-5-7-9(10,2)3/h1,11H,5-8H2,2-3H3/t10-/m0/s1. The molecule has 1 rings (SSSR count). The van der Waals surface area contributed by atoms with Crippen molar-refractivity contribution in [2.24, 2.45) is 5.41 Å². The average molecular weight is 152 g/mol. The molecule has 0 amide bonds. The first-order chi connectivity index (χ1) is 5.02. The Kier molecular flexibility index (Phi) is 1.98. The second-order valence-electron chi connectivity index (χ2n) is 4.15. The molecular formula is C10H16O. The highest BCUT2D eigenvalue weighted by Gasteiger charge is 2.46.